The summed E-state index contributed by atoms with van der Waals surface area (Å²) in [6.07, 6.45) is 0. The van der Waals surface area contributed by atoms with Gasteiger partial charge in [-0.15, -0.1) is 11.3 Å². The number of fused-ring (bicyclic) bond motifs is 3. The van der Waals surface area contributed by atoms with Gasteiger partial charge in [0.15, 0.2) is 0 Å². The fourth-order valence-electron chi connectivity index (χ4n) is 2.70. The summed E-state index contributed by atoms with van der Waals surface area (Å²) in [6, 6.07) is 5.55. The van der Waals surface area contributed by atoms with Gasteiger partial charge in [-0.3, -0.25) is 4.90 Å². The van der Waals surface area contributed by atoms with Crippen molar-refractivity contribution >= 4 is 17.3 Å². The lowest BCUT2D eigenvalue weighted by Crippen LogP contribution is -2.24. The second-order valence-electron chi connectivity index (χ2n) is 7.03. The molecule has 2 aromatic rings. The highest BCUT2D eigenvalue weighted by atomic mass is 32.1. The summed E-state index contributed by atoms with van der Waals surface area (Å²) < 4.78 is 10.8. The zero-order chi connectivity index (χ0) is 19.8. The number of hydrogen-bond acceptors (Lipinski definition) is 7. The van der Waals surface area contributed by atoms with Crippen LogP contribution in [0.4, 0.5) is 0 Å². The van der Waals surface area contributed by atoms with E-state index < -0.39 is 11.6 Å². The van der Waals surface area contributed by atoms with Crippen molar-refractivity contribution in [2.24, 2.45) is 0 Å². The third-order valence-corrected chi connectivity index (χ3v) is 5.22. The van der Waals surface area contributed by atoms with Gasteiger partial charge in [0.1, 0.15) is 18.0 Å². The van der Waals surface area contributed by atoms with Crippen molar-refractivity contribution in [2.75, 3.05) is 27.8 Å². The highest BCUT2D eigenvalue weighted by Gasteiger charge is 2.30. The van der Waals surface area contributed by atoms with Crippen LogP contribution in [0.3, 0.4) is 0 Å². The van der Waals surface area contributed by atoms with Crippen LogP contribution < -0.4 is 4.74 Å². The highest BCUT2D eigenvalue weighted by Crippen LogP contribution is 2.42. The lowest BCUT2D eigenvalue weighted by atomic mass is 10.0. The van der Waals surface area contributed by atoms with Crippen molar-refractivity contribution in [1.29, 1.82) is 0 Å². The molecule has 1 aliphatic rings. The van der Waals surface area contributed by atoms with E-state index in [1.807, 2.05) is 37.2 Å². The Labute approximate surface area is 162 Å². The van der Waals surface area contributed by atoms with Crippen LogP contribution in [0.15, 0.2) is 18.2 Å². The molecule has 27 heavy (non-hydrogen) atoms. The normalized spacial score (nSPS) is 15.7. The van der Waals surface area contributed by atoms with Crippen LogP contribution in [0.2, 0.25) is 0 Å². The number of nitrogens with zero attached hydrogens (tertiary/aromatic N) is 2. The SMILES string of the molecule is COC(=O)c1nc2c(s1)C(N(C)C)COc1ccc(C#CC(C)(C)O)cc1-2. The molecule has 3 rings (SSSR count). The average Bonchev–Trinajstić information content (AvgIpc) is 2.97. The zero-order valence-electron chi connectivity index (χ0n) is 16.0. The summed E-state index contributed by atoms with van der Waals surface area (Å²) in [5, 5.41) is 10.2. The smallest absolute Gasteiger partial charge is 0.367 e. The molecule has 0 amide bonds. The summed E-state index contributed by atoms with van der Waals surface area (Å²) in [6.45, 7) is 3.72. The highest BCUT2D eigenvalue weighted by molar-refractivity contribution is 7.14. The number of aliphatic hydroxyl groups is 1. The molecular formula is C20H22N2O4S. The van der Waals surface area contributed by atoms with Crippen molar-refractivity contribution in [1.82, 2.24) is 9.88 Å². The monoisotopic (exact) mass is 386 g/mol. The third-order valence-electron chi connectivity index (χ3n) is 4.08. The minimum absolute atomic E-state index is 0.0331. The molecule has 0 saturated heterocycles. The van der Waals surface area contributed by atoms with Crippen LogP contribution in [-0.2, 0) is 4.74 Å². The molecule has 7 heteroatoms. The van der Waals surface area contributed by atoms with E-state index in [9.17, 15) is 9.90 Å². The van der Waals surface area contributed by atoms with Gasteiger partial charge in [0, 0.05) is 11.1 Å². The second kappa shape index (κ2) is 7.31. The largest absolute Gasteiger partial charge is 0.491 e. The van der Waals surface area contributed by atoms with Gasteiger partial charge in [-0.05, 0) is 46.1 Å². The summed E-state index contributed by atoms with van der Waals surface area (Å²) in [7, 11) is 5.27. The Balaban J connectivity index is 2.16. The summed E-state index contributed by atoms with van der Waals surface area (Å²) in [5.74, 6) is 6.03. The standard InChI is InChI=1S/C20H22N2O4S/c1-20(2,24)9-8-12-6-7-15-13(10-12)16-17(14(11-26-15)22(3)4)27-18(21-16)19(23)25-5/h6-7,10,14,24H,11H2,1-5H3. The predicted molar refractivity (Wildman–Crippen MR) is 104 cm³/mol. The van der Waals surface area contributed by atoms with Gasteiger partial charge in [0.25, 0.3) is 0 Å². The van der Waals surface area contributed by atoms with Crippen molar-refractivity contribution in [3.05, 3.63) is 33.6 Å². The molecule has 1 aromatic carbocycles. The van der Waals surface area contributed by atoms with E-state index in [0.29, 0.717) is 23.1 Å². The van der Waals surface area contributed by atoms with Crippen molar-refractivity contribution in [3.63, 3.8) is 0 Å². The number of likely N-dealkylation sites (N-methyl/N-ethyl adjacent to an activating group) is 1. The number of benzene rings is 1. The second-order valence-corrected chi connectivity index (χ2v) is 8.06. The first-order valence-corrected chi connectivity index (χ1v) is 9.29. The van der Waals surface area contributed by atoms with Gasteiger partial charge in [-0.1, -0.05) is 11.8 Å². The molecule has 0 bridgehead atoms. The van der Waals surface area contributed by atoms with Crippen molar-refractivity contribution in [2.45, 2.75) is 25.5 Å². The first-order chi connectivity index (χ1) is 12.7. The molecule has 0 spiro atoms. The lowest BCUT2D eigenvalue weighted by molar-refractivity contribution is 0.0600. The molecule has 1 aliphatic heterocycles. The zero-order valence-corrected chi connectivity index (χ0v) is 16.8. The van der Waals surface area contributed by atoms with Gasteiger partial charge >= 0.3 is 5.97 Å². The molecule has 0 saturated carbocycles. The fraction of sp³-hybridized carbons (Fsp3) is 0.400. The number of thiazole rings is 1. The number of ether oxygens (including phenoxy) is 2. The van der Waals surface area contributed by atoms with Crippen LogP contribution in [0.25, 0.3) is 11.3 Å². The number of rotatable bonds is 2. The minimum atomic E-state index is -1.08. The topological polar surface area (TPSA) is 71.9 Å². The Morgan fingerprint density at radius 1 is 1.44 bits per heavy atom. The Morgan fingerprint density at radius 3 is 2.81 bits per heavy atom. The van der Waals surface area contributed by atoms with Crippen LogP contribution in [0.1, 0.15) is 40.1 Å². The summed E-state index contributed by atoms with van der Waals surface area (Å²) >= 11 is 1.32. The fourth-order valence-corrected chi connectivity index (χ4v) is 3.88. The molecule has 1 unspecified atom stereocenters. The number of carbonyl (C=O) groups excluding carboxylic acids is 1. The molecule has 1 N–H and O–H groups in total. The van der Waals surface area contributed by atoms with Crippen LogP contribution in [0.5, 0.6) is 5.75 Å². The van der Waals surface area contributed by atoms with E-state index in [2.05, 4.69) is 16.8 Å². The molecule has 1 atom stereocenters. The van der Waals surface area contributed by atoms with Gasteiger partial charge in [-0.2, -0.15) is 0 Å². The van der Waals surface area contributed by atoms with E-state index in [1.165, 1.54) is 18.4 Å². The van der Waals surface area contributed by atoms with Crippen LogP contribution in [0, 0.1) is 11.8 Å². The number of esters is 1. The van der Waals surface area contributed by atoms with E-state index in [-0.39, 0.29) is 6.04 Å². The maximum atomic E-state index is 12.0. The summed E-state index contributed by atoms with van der Waals surface area (Å²) in [5.41, 5.74) is 1.14. The number of hydrogen-bond donors (Lipinski definition) is 1. The number of carbonyl (C=O) groups is 1. The molecule has 142 valence electrons. The van der Waals surface area contributed by atoms with E-state index >= 15 is 0 Å². The first-order valence-electron chi connectivity index (χ1n) is 8.48. The van der Waals surface area contributed by atoms with Gasteiger partial charge in [0.05, 0.1) is 23.7 Å². The Morgan fingerprint density at radius 2 is 2.19 bits per heavy atom. The Bertz CT molecular complexity index is 932. The summed E-state index contributed by atoms with van der Waals surface area (Å²) in [4.78, 5) is 19.6. The van der Waals surface area contributed by atoms with Gasteiger partial charge in [0.2, 0.25) is 5.01 Å². The molecule has 1 aromatic heterocycles. The number of aromatic nitrogens is 1. The maximum Gasteiger partial charge on any atom is 0.367 e. The van der Waals surface area contributed by atoms with E-state index in [1.54, 1.807) is 13.8 Å². The van der Waals surface area contributed by atoms with Gasteiger partial charge < -0.3 is 14.6 Å². The van der Waals surface area contributed by atoms with E-state index in [4.69, 9.17) is 9.47 Å². The number of methoxy groups -OCH3 is 1. The predicted octanol–water partition coefficient (Wildman–Crippen LogP) is 2.71. The van der Waals surface area contributed by atoms with Crippen molar-refractivity contribution < 1.29 is 19.4 Å². The minimum Gasteiger partial charge on any atom is -0.491 e. The van der Waals surface area contributed by atoms with E-state index in [0.717, 1.165) is 16.0 Å². The van der Waals surface area contributed by atoms with Crippen LogP contribution >= 0.6 is 11.3 Å². The molecule has 0 fully saturated rings. The first kappa shape index (κ1) is 19.4. The molecular weight excluding hydrogens is 364 g/mol. The van der Waals surface area contributed by atoms with Crippen molar-refractivity contribution in [3.8, 4) is 28.8 Å². The Kier molecular flexibility index (Phi) is 5.24. The quantitative estimate of drug-likeness (QED) is 0.632. The maximum absolute atomic E-state index is 12.0. The molecule has 0 radical (unpaired) electrons. The molecule has 6 nitrogen and oxygen atoms in total. The molecule has 0 aliphatic carbocycles. The van der Waals surface area contributed by atoms with Gasteiger partial charge in [-0.25, -0.2) is 9.78 Å². The average molecular weight is 386 g/mol. The van der Waals surface area contributed by atoms with Crippen LogP contribution in [-0.4, -0.2) is 54.4 Å². The Hall–Kier alpha value is -2.40. The lowest BCUT2D eigenvalue weighted by Gasteiger charge is -2.21. The molecule has 2 heterocycles. The third kappa shape index (κ3) is 4.14.